The van der Waals surface area contributed by atoms with Crippen molar-refractivity contribution in [2.24, 2.45) is 0 Å². The Morgan fingerprint density at radius 1 is 1.00 bits per heavy atom. The molecule has 1 heterocycles. The molecule has 140 valence electrons. The number of para-hydroxylation sites is 1. The summed E-state index contributed by atoms with van der Waals surface area (Å²) in [4.78, 5) is 42.0. The molecule has 0 N–H and O–H groups in total. The number of likely N-dealkylation sites (N-methyl/N-ethyl adjacent to an activating group) is 1. The molecular weight excluding hydrogens is 346 g/mol. The van der Waals surface area contributed by atoms with Crippen LogP contribution in [0.25, 0.3) is 0 Å². The summed E-state index contributed by atoms with van der Waals surface area (Å²) in [6.07, 6.45) is 0. The van der Waals surface area contributed by atoms with E-state index in [1.165, 1.54) is 4.90 Å². The van der Waals surface area contributed by atoms with Crippen LogP contribution >= 0.6 is 0 Å². The number of ether oxygens (including phenoxy) is 1. The lowest BCUT2D eigenvalue weighted by atomic mass is 10.1. The van der Waals surface area contributed by atoms with E-state index in [9.17, 15) is 14.4 Å². The van der Waals surface area contributed by atoms with Crippen molar-refractivity contribution in [2.45, 2.75) is 6.04 Å². The van der Waals surface area contributed by atoms with Crippen LogP contribution in [0.1, 0.15) is 11.6 Å². The number of nitrogens with zero attached hydrogens (tertiary/aromatic N) is 3. The highest BCUT2D eigenvalue weighted by Gasteiger charge is 2.47. The van der Waals surface area contributed by atoms with Crippen molar-refractivity contribution in [3.05, 3.63) is 66.2 Å². The number of benzene rings is 2. The first kappa shape index (κ1) is 18.6. The van der Waals surface area contributed by atoms with Crippen LogP contribution in [0.3, 0.4) is 0 Å². The van der Waals surface area contributed by atoms with Crippen LogP contribution < -0.4 is 4.90 Å². The van der Waals surface area contributed by atoms with Crippen molar-refractivity contribution >= 4 is 23.6 Å². The Bertz CT molecular complexity index is 824. The molecule has 3 amide bonds. The van der Waals surface area contributed by atoms with Gasteiger partial charge in [0.25, 0.3) is 5.91 Å². The Labute approximate surface area is 157 Å². The maximum Gasteiger partial charge on any atom is 0.335 e. The SMILES string of the molecule is CN(C)CC(=O)OCN1C(=O)N(c2ccccc2)C(=O)C1c1ccccc1. The number of anilines is 1. The van der Waals surface area contributed by atoms with Gasteiger partial charge in [0, 0.05) is 0 Å². The number of esters is 1. The molecule has 0 spiro atoms. The summed E-state index contributed by atoms with van der Waals surface area (Å²) in [7, 11) is 3.49. The number of rotatable bonds is 6. The van der Waals surface area contributed by atoms with Gasteiger partial charge in [-0.15, -0.1) is 0 Å². The first-order valence-electron chi connectivity index (χ1n) is 8.54. The van der Waals surface area contributed by atoms with Gasteiger partial charge < -0.3 is 4.74 Å². The lowest BCUT2D eigenvalue weighted by Gasteiger charge is -2.22. The van der Waals surface area contributed by atoms with E-state index in [0.717, 1.165) is 4.90 Å². The third kappa shape index (κ3) is 3.98. The van der Waals surface area contributed by atoms with Crippen LogP contribution in [0.4, 0.5) is 10.5 Å². The second kappa shape index (κ2) is 8.01. The zero-order valence-electron chi connectivity index (χ0n) is 15.2. The minimum Gasteiger partial charge on any atom is -0.443 e. The third-order valence-corrected chi connectivity index (χ3v) is 4.14. The fraction of sp³-hybridized carbons (Fsp3) is 0.250. The molecule has 2 aromatic rings. The van der Waals surface area contributed by atoms with Gasteiger partial charge >= 0.3 is 12.0 Å². The Hall–Kier alpha value is -3.19. The average molecular weight is 367 g/mol. The molecule has 3 rings (SSSR count). The predicted molar refractivity (Wildman–Crippen MR) is 99.9 cm³/mol. The van der Waals surface area contributed by atoms with Gasteiger partial charge in [0.15, 0.2) is 6.73 Å². The van der Waals surface area contributed by atoms with Crippen molar-refractivity contribution in [1.82, 2.24) is 9.80 Å². The van der Waals surface area contributed by atoms with E-state index < -0.39 is 18.0 Å². The van der Waals surface area contributed by atoms with Gasteiger partial charge in [0.05, 0.1) is 12.2 Å². The van der Waals surface area contributed by atoms with Crippen LogP contribution in [0.2, 0.25) is 0 Å². The number of carbonyl (C=O) groups is 3. The second-order valence-electron chi connectivity index (χ2n) is 6.46. The summed E-state index contributed by atoms with van der Waals surface area (Å²) in [6.45, 7) is -0.200. The molecule has 27 heavy (non-hydrogen) atoms. The molecule has 0 bridgehead atoms. The topological polar surface area (TPSA) is 70.2 Å². The van der Waals surface area contributed by atoms with Crippen LogP contribution in [-0.4, -0.2) is 55.1 Å². The van der Waals surface area contributed by atoms with Gasteiger partial charge in [-0.2, -0.15) is 0 Å². The Balaban J connectivity index is 1.89. The fourth-order valence-corrected chi connectivity index (χ4v) is 2.94. The van der Waals surface area contributed by atoms with E-state index in [4.69, 9.17) is 4.74 Å². The van der Waals surface area contributed by atoms with Gasteiger partial charge in [0.2, 0.25) is 0 Å². The molecule has 1 aliphatic rings. The second-order valence-corrected chi connectivity index (χ2v) is 6.46. The van der Waals surface area contributed by atoms with Crippen molar-refractivity contribution in [3.8, 4) is 0 Å². The average Bonchev–Trinajstić information content (AvgIpc) is 2.90. The van der Waals surface area contributed by atoms with Crippen LogP contribution in [-0.2, 0) is 14.3 Å². The molecule has 1 unspecified atom stereocenters. The smallest absolute Gasteiger partial charge is 0.335 e. The Kier molecular flexibility index (Phi) is 5.52. The normalized spacial score (nSPS) is 16.9. The van der Waals surface area contributed by atoms with Gasteiger partial charge in [-0.25, -0.2) is 9.69 Å². The van der Waals surface area contributed by atoms with Crippen LogP contribution in [0, 0.1) is 0 Å². The van der Waals surface area contributed by atoms with Crippen LogP contribution in [0.5, 0.6) is 0 Å². The lowest BCUT2D eigenvalue weighted by Crippen LogP contribution is -2.36. The maximum atomic E-state index is 13.1. The summed E-state index contributed by atoms with van der Waals surface area (Å²) in [5.41, 5.74) is 1.15. The quantitative estimate of drug-likeness (QED) is 0.579. The van der Waals surface area contributed by atoms with E-state index in [1.54, 1.807) is 67.5 Å². The molecule has 0 aromatic heterocycles. The summed E-state index contributed by atoms with van der Waals surface area (Å²) in [6, 6.07) is 16.3. The zero-order valence-corrected chi connectivity index (χ0v) is 15.2. The standard InChI is InChI=1S/C20H21N3O4/c1-21(2)13-17(24)27-14-22-18(15-9-5-3-6-10-15)19(25)23(20(22)26)16-11-7-4-8-12-16/h3-12,18H,13-14H2,1-2H3. The Morgan fingerprint density at radius 2 is 1.59 bits per heavy atom. The predicted octanol–water partition coefficient (Wildman–Crippen LogP) is 2.26. The van der Waals surface area contributed by atoms with Gasteiger partial charge in [-0.1, -0.05) is 48.5 Å². The molecule has 1 aliphatic heterocycles. The number of urea groups is 1. The van der Waals surface area contributed by atoms with Gasteiger partial charge in [-0.05, 0) is 31.8 Å². The highest BCUT2D eigenvalue weighted by molar-refractivity contribution is 6.21. The number of hydrogen-bond acceptors (Lipinski definition) is 5. The molecule has 1 atom stereocenters. The van der Waals surface area contributed by atoms with E-state index >= 15 is 0 Å². The minimum atomic E-state index is -0.842. The Morgan fingerprint density at radius 3 is 2.19 bits per heavy atom. The largest absolute Gasteiger partial charge is 0.443 e. The molecule has 0 aliphatic carbocycles. The van der Waals surface area contributed by atoms with Crippen LogP contribution in [0.15, 0.2) is 60.7 Å². The highest BCUT2D eigenvalue weighted by Crippen LogP contribution is 2.34. The molecule has 0 radical (unpaired) electrons. The maximum absolute atomic E-state index is 13.1. The summed E-state index contributed by atoms with van der Waals surface area (Å²) in [5, 5.41) is 0. The molecule has 7 heteroatoms. The first-order chi connectivity index (χ1) is 13.0. The van der Waals surface area contributed by atoms with Crippen molar-refractivity contribution in [1.29, 1.82) is 0 Å². The fourth-order valence-electron chi connectivity index (χ4n) is 2.94. The molecule has 2 aromatic carbocycles. The van der Waals surface area contributed by atoms with E-state index in [0.29, 0.717) is 11.3 Å². The van der Waals surface area contributed by atoms with Crippen molar-refractivity contribution in [3.63, 3.8) is 0 Å². The summed E-state index contributed by atoms with van der Waals surface area (Å²) >= 11 is 0. The van der Waals surface area contributed by atoms with E-state index in [-0.39, 0.29) is 19.2 Å². The van der Waals surface area contributed by atoms with Crippen molar-refractivity contribution in [2.75, 3.05) is 32.3 Å². The summed E-state index contributed by atoms with van der Waals surface area (Å²) < 4.78 is 5.24. The molecule has 7 nitrogen and oxygen atoms in total. The number of hydrogen-bond donors (Lipinski definition) is 0. The van der Waals surface area contributed by atoms with E-state index in [1.807, 2.05) is 12.1 Å². The van der Waals surface area contributed by atoms with Gasteiger partial charge in [0.1, 0.15) is 6.04 Å². The number of carbonyl (C=O) groups excluding carboxylic acids is 3. The molecule has 1 fully saturated rings. The monoisotopic (exact) mass is 367 g/mol. The van der Waals surface area contributed by atoms with Gasteiger partial charge in [-0.3, -0.25) is 19.4 Å². The molecular formula is C20H21N3O4. The van der Waals surface area contributed by atoms with E-state index in [2.05, 4.69) is 0 Å². The minimum absolute atomic E-state index is 0.0916. The molecule has 0 saturated carbocycles. The molecule has 1 saturated heterocycles. The highest BCUT2D eigenvalue weighted by atomic mass is 16.5. The number of imide groups is 1. The number of amides is 3. The summed E-state index contributed by atoms with van der Waals surface area (Å²) in [5.74, 6) is -0.841. The lowest BCUT2D eigenvalue weighted by molar-refractivity contribution is -0.149. The first-order valence-corrected chi connectivity index (χ1v) is 8.54. The zero-order chi connectivity index (χ0) is 19.4. The van der Waals surface area contributed by atoms with Crippen molar-refractivity contribution < 1.29 is 19.1 Å². The third-order valence-electron chi connectivity index (χ3n) is 4.14.